The average molecular weight is 405 g/mol. The first-order chi connectivity index (χ1) is 13.2. The molecule has 3 heterocycles. The summed E-state index contributed by atoms with van der Waals surface area (Å²) in [5.74, 6) is -1.48. The first-order valence-electron chi connectivity index (χ1n) is 8.80. The van der Waals surface area contributed by atoms with Crippen LogP contribution in [0.15, 0.2) is 17.5 Å². The van der Waals surface area contributed by atoms with Gasteiger partial charge in [-0.25, -0.2) is 9.78 Å². The Bertz CT molecular complexity index is 955. The second kappa shape index (κ2) is 6.76. The predicted molar refractivity (Wildman–Crippen MR) is 99.9 cm³/mol. The van der Waals surface area contributed by atoms with Crippen molar-refractivity contribution in [1.29, 1.82) is 0 Å². The number of thiazole rings is 1. The van der Waals surface area contributed by atoms with Gasteiger partial charge in [0, 0.05) is 5.38 Å². The Kier molecular flexibility index (Phi) is 4.52. The van der Waals surface area contributed by atoms with Crippen molar-refractivity contribution in [3.63, 3.8) is 0 Å². The number of carbonyl (C=O) groups excluding carboxylic acids is 1. The topological polar surface area (TPSA) is 129 Å². The minimum atomic E-state index is -3.09. The van der Waals surface area contributed by atoms with Crippen LogP contribution in [0.1, 0.15) is 31.4 Å². The van der Waals surface area contributed by atoms with Gasteiger partial charge in [0.15, 0.2) is 0 Å². The van der Waals surface area contributed by atoms with E-state index in [1.165, 1.54) is 17.4 Å². The number of aromatic carboxylic acids is 1. The molecule has 148 valence electrons. The summed E-state index contributed by atoms with van der Waals surface area (Å²) in [6.45, 7) is -0.656. The summed E-state index contributed by atoms with van der Waals surface area (Å²) in [5, 5.41) is 31.7. The van der Waals surface area contributed by atoms with Gasteiger partial charge in [0.1, 0.15) is 23.1 Å². The summed E-state index contributed by atoms with van der Waals surface area (Å²) < 4.78 is 10.9. The standard InChI is InChI=1S/C17H18BN2O7S/c1-9-19-12(8-28-9)16(21)20-6-11(7-20)26-13-3-2-10-4-5-18(24,25)27-15(10)14(13)17(22)23/h2-3,8,11,24-25H,4-7H2,1H3,(H,22,23)/q-1. The molecule has 1 aromatic carbocycles. The van der Waals surface area contributed by atoms with E-state index in [0.717, 1.165) is 5.01 Å². The fourth-order valence-corrected chi connectivity index (χ4v) is 3.90. The lowest BCUT2D eigenvalue weighted by Gasteiger charge is -2.40. The molecule has 0 saturated carbocycles. The number of hydrogen-bond donors (Lipinski definition) is 3. The van der Waals surface area contributed by atoms with Crippen molar-refractivity contribution in [2.24, 2.45) is 0 Å². The molecule has 3 N–H and O–H groups in total. The molecular weight excluding hydrogens is 387 g/mol. The van der Waals surface area contributed by atoms with Gasteiger partial charge in [-0.15, -0.1) is 11.3 Å². The fraction of sp³-hybridized carbons (Fsp3) is 0.353. The molecule has 0 aliphatic carbocycles. The van der Waals surface area contributed by atoms with Crippen molar-refractivity contribution in [2.75, 3.05) is 13.1 Å². The van der Waals surface area contributed by atoms with Crippen molar-refractivity contribution in [3.05, 3.63) is 39.3 Å². The van der Waals surface area contributed by atoms with Gasteiger partial charge in [0.25, 0.3) is 5.91 Å². The van der Waals surface area contributed by atoms with Crippen molar-refractivity contribution in [3.8, 4) is 11.5 Å². The predicted octanol–water partition coefficient (Wildman–Crippen LogP) is 0.912. The molecule has 9 nitrogen and oxygen atoms in total. The molecule has 1 fully saturated rings. The third-order valence-corrected chi connectivity index (χ3v) is 5.55. The van der Waals surface area contributed by atoms with Crippen LogP contribution in [0, 0.1) is 6.92 Å². The van der Waals surface area contributed by atoms with Crippen LogP contribution in [-0.2, 0) is 6.42 Å². The van der Waals surface area contributed by atoms with Crippen LogP contribution in [0.25, 0.3) is 0 Å². The fourth-order valence-electron chi connectivity index (χ4n) is 3.31. The molecule has 1 saturated heterocycles. The molecular formula is C17H18BN2O7S-. The summed E-state index contributed by atoms with van der Waals surface area (Å²) in [6, 6.07) is 3.19. The van der Waals surface area contributed by atoms with Crippen LogP contribution in [-0.4, -0.2) is 62.9 Å². The Morgan fingerprint density at radius 1 is 1.36 bits per heavy atom. The smallest absolute Gasteiger partial charge is 0.430 e. The minimum absolute atomic E-state index is 0.00204. The lowest BCUT2D eigenvalue weighted by Crippen LogP contribution is -2.56. The van der Waals surface area contributed by atoms with Gasteiger partial charge in [-0.3, -0.25) is 4.79 Å². The summed E-state index contributed by atoms with van der Waals surface area (Å²) in [6.07, 6.45) is -0.0779. The van der Waals surface area contributed by atoms with Crippen molar-refractivity contribution < 1.29 is 34.1 Å². The van der Waals surface area contributed by atoms with Crippen LogP contribution < -0.4 is 9.39 Å². The molecule has 0 atom stereocenters. The second-order valence-corrected chi connectivity index (χ2v) is 8.01. The Morgan fingerprint density at radius 3 is 2.75 bits per heavy atom. The zero-order chi connectivity index (χ0) is 20.1. The zero-order valence-corrected chi connectivity index (χ0v) is 15.8. The molecule has 1 amide bonds. The number of fused-ring (bicyclic) bond motifs is 1. The molecule has 0 radical (unpaired) electrons. The quantitative estimate of drug-likeness (QED) is 0.641. The van der Waals surface area contributed by atoms with Crippen LogP contribution in [0.3, 0.4) is 0 Å². The SMILES string of the molecule is Cc1nc(C(=O)N2CC(Oc3ccc4c(c3C(=O)O)O[B-](O)(O)CC4)C2)cs1. The molecule has 2 aliphatic rings. The first-order valence-corrected chi connectivity index (χ1v) is 9.68. The van der Waals surface area contributed by atoms with Gasteiger partial charge in [-0.1, -0.05) is 12.4 Å². The number of benzene rings is 1. The van der Waals surface area contributed by atoms with Crippen LogP contribution >= 0.6 is 11.3 Å². The van der Waals surface area contributed by atoms with Crippen molar-refractivity contribution in [1.82, 2.24) is 9.88 Å². The third kappa shape index (κ3) is 3.43. The van der Waals surface area contributed by atoms with Crippen LogP contribution in [0.4, 0.5) is 0 Å². The Balaban J connectivity index is 1.49. The largest absolute Gasteiger partial charge is 0.669 e. The monoisotopic (exact) mass is 405 g/mol. The van der Waals surface area contributed by atoms with Gasteiger partial charge < -0.3 is 29.4 Å². The summed E-state index contributed by atoms with van der Waals surface area (Å²) in [5.41, 5.74) is 0.722. The summed E-state index contributed by atoms with van der Waals surface area (Å²) >= 11 is 1.40. The van der Waals surface area contributed by atoms with E-state index >= 15 is 0 Å². The van der Waals surface area contributed by atoms with E-state index in [2.05, 4.69) is 4.98 Å². The van der Waals surface area contributed by atoms with Crippen molar-refractivity contribution in [2.45, 2.75) is 25.8 Å². The second-order valence-electron chi connectivity index (χ2n) is 6.95. The third-order valence-electron chi connectivity index (χ3n) is 4.78. The molecule has 11 heteroatoms. The molecule has 0 spiro atoms. The Morgan fingerprint density at radius 2 is 2.11 bits per heavy atom. The molecule has 2 aliphatic heterocycles. The minimum Gasteiger partial charge on any atom is -0.669 e. The first kappa shape index (κ1) is 18.7. The van der Waals surface area contributed by atoms with E-state index in [1.54, 1.807) is 16.3 Å². The van der Waals surface area contributed by atoms with E-state index in [-0.39, 0.29) is 35.4 Å². The van der Waals surface area contributed by atoms with Gasteiger partial charge in [-0.2, -0.15) is 0 Å². The molecule has 1 aromatic heterocycles. The van der Waals surface area contributed by atoms with Crippen molar-refractivity contribution >= 4 is 30.0 Å². The molecule has 2 aromatic rings. The summed E-state index contributed by atoms with van der Waals surface area (Å²) in [4.78, 5) is 29.8. The summed E-state index contributed by atoms with van der Waals surface area (Å²) in [7, 11) is 0. The molecule has 0 unspecified atom stereocenters. The molecule has 0 bridgehead atoms. The van der Waals surface area contributed by atoms with Gasteiger partial charge >= 0.3 is 12.7 Å². The highest BCUT2D eigenvalue weighted by molar-refractivity contribution is 7.09. The lowest BCUT2D eigenvalue weighted by atomic mass is 9.70. The lowest BCUT2D eigenvalue weighted by molar-refractivity contribution is 0.0165. The maximum Gasteiger partial charge on any atom is 0.430 e. The number of hydrogen-bond acceptors (Lipinski definition) is 8. The number of likely N-dealkylation sites (tertiary alicyclic amines) is 1. The number of amides is 1. The van der Waals surface area contributed by atoms with E-state index in [1.807, 2.05) is 6.92 Å². The number of aromatic nitrogens is 1. The average Bonchev–Trinajstić information content (AvgIpc) is 3.02. The highest BCUT2D eigenvalue weighted by atomic mass is 32.1. The normalized spacial score (nSPS) is 18.0. The Labute approximate surface area is 164 Å². The van der Waals surface area contributed by atoms with E-state index in [0.29, 0.717) is 30.8 Å². The van der Waals surface area contributed by atoms with E-state index in [9.17, 15) is 24.7 Å². The number of carbonyl (C=O) groups is 2. The Hall–Kier alpha value is -2.63. The maximum absolute atomic E-state index is 12.3. The van der Waals surface area contributed by atoms with Gasteiger partial charge in [-0.05, 0) is 25.0 Å². The van der Waals surface area contributed by atoms with Gasteiger partial charge in [0.05, 0.1) is 23.8 Å². The van der Waals surface area contributed by atoms with Gasteiger partial charge in [0.2, 0.25) is 0 Å². The highest BCUT2D eigenvalue weighted by Crippen LogP contribution is 2.39. The van der Waals surface area contributed by atoms with E-state index < -0.39 is 12.7 Å². The number of rotatable bonds is 4. The van der Waals surface area contributed by atoms with Crippen LogP contribution in [0.2, 0.25) is 6.32 Å². The highest BCUT2D eigenvalue weighted by Gasteiger charge is 2.36. The number of aryl methyl sites for hydroxylation is 2. The number of carboxylic acid groups (broad SMARTS) is 1. The maximum atomic E-state index is 12.3. The van der Waals surface area contributed by atoms with E-state index in [4.69, 9.17) is 9.39 Å². The molecule has 28 heavy (non-hydrogen) atoms. The zero-order valence-electron chi connectivity index (χ0n) is 15.0. The van der Waals surface area contributed by atoms with Crippen LogP contribution in [0.5, 0.6) is 11.5 Å². The molecule has 4 rings (SSSR count). The number of ether oxygens (including phenoxy) is 1. The number of carboxylic acids is 1. The number of nitrogens with zero attached hydrogens (tertiary/aromatic N) is 2.